The van der Waals surface area contributed by atoms with E-state index in [1.165, 1.54) is 7.11 Å². The summed E-state index contributed by atoms with van der Waals surface area (Å²) in [5, 5.41) is 0. The van der Waals surface area contributed by atoms with Crippen molar-refractivity contribution in [2.24, 2.45) is 0 Å². The highest BCUT2D eigenvalue weighted by atomic mass is 79.9. The highest BCUT2D eigenvalue weighted by molar-refractivity contribution is 9.10. The van der Waals surface area contributed by atoms with Gasteiger partial charge in [0.05, 0.1) is 0 Å². The molecular formula is C10H11BrO3. The highest BCUT2D eigenvalue weighted by Gasteiger charge is 2.08. The van der Waals surface area contributed by atoms with Gasteiger partial charge in [0.2, 0.25) is 0 Å². The van der Waals surface area contributed by atoms with Gasteiger partial charge in [-0.3, -0.25) is 4.79 Å². The van der Waals surface area contributed by atoms with Crippen molar-refractivity contribution in [2.45, 2.75) is 0 Å². The van der Waals surface area contributed by atoms with Gasteiger partial charge in [0, 0.05) is 17.1 Å². The molecule has 4 heteroatoms. The first-order valence-corrected chi connectivity index (χ1v) is 4.89. The fourth-order valence-electron chi connectivity index (χ4n) is 0.983. The number of ketones is 1. The standard InChI is InChI=1S/C10H11BrO3/c1-13-7-14-6-10(12)8-4-2-3-5-9(8)11/h2-5H,6-7H2,1H3. The minimum Gasteiger partial charge on any atom is -0.359 e. The molecule has 0 radical (unpaired) electrons. The van der Waals surface area contributed by atoms with Gasteiger partial charge in [0.15, 0.2) is 5.78 Å². The lowest BCUT2D eigenvalue weighted by atomic mass is 10.1. The molecule has 0 spiro atoms. The van der Waals surface area contributed by atoms with E-state index in [0.717, 1.165) is 4.47 Å². The first-order valence-electron chi connectivity index (χ1n) is 4.10. The zero-order valence-corrected chi connectivity index (χ0v) is 9.41. The van der Waals surface area contributed by atoms with Gasteiger partial charge in [0.25, 0.3) is 0 Å². The van der Waals surface area contributed by atoms with Crippen LogP contribution in [0.3, 0.4) is 0 Å². The number of hydrogen-bond acceptors (Lipinski definition) is 3. The molecule has 0 bridgehead atoms. The average Bonchev–Trinajstić information content (AvgIpc) is 2.18. The van der Waals surface area contributed by atoms with Crippen molar-refractivity contribution in [1.82, 2.24) is 0 Å². The van der Waals surface area contributed by atoms with Gasteiger partial charge in [-0.25, -0.2) is 0 Å². The molecule has 0 aliphatic rings. The number of rotatable bonds is 5. The quantitative estimate of drug-likeness (QED) is 0.462. The maximum Gasteiger partial charge on any atom is 0.189 e. The second-order valence-electron chi connectivity index (χ2n) is 2.66. The Morgan fingerprint density at radius 3 is 2.79 bits per heavy atom. The van der Waals surface area contributed by atoms with Crippen molar-refractivity contribution >= 4 is 21.7 Å². The topological polar surface area (TPSA) is 35.5 Å². The largest absolute Gasteiger partial charge is 0.359 e. The zero-order chi connectivity index (χ0) is 10.4. The Hall–Kier alpha value is -0.710. The van der Waals surface area contributed by atoms with Crippen LogP contribution < -0.4 is 0 Å². The Balaban J connectivity index is 2.56. The van der Waals surface area contributed by atoms with Gasteiger partial charge in [0.1, 0.15) is 13.4 Å². The molecule has 1 rings (SSSR count). The van der Waals surface area contributed by atoms with E-state index in [9.17, 15) is 4.79 Å². The molecule has 0 heterocycles. The molecule has 0 aliphatic heterocycles. The van der Waals surface area contributed by atoms with E-state index in [-0.39, 0.29) is 19.2 Å². The summed E-state index contributed by atoms with van der Waals surface area (Å²) >= 11 is 3.30. The lowest BCUT2D eigenvalue weighted by Gasteiger charge is -2.03. The Morgan fingerprint density at radius 2 is 2.14 bits per heavy atom. The number of methoxy groups -OCH3 is 1. The normalized spacial score (nSPS) is 10.1. The van der Waals surface area contributed by atoms with Crippen LogP contribution in [0.25, 0.3) is 0 Å². The van der Waals surface area contributed by atoms with Crippen molar-refractivity contribution in [1.29, 1.82) is 0 Å². The van der Waals surface area contributed by atoms with Crippen molar-refractivity contribution < 1.29 is 14.3 Å². The third-order valence-electron chi connectivity index (χ3n) is 1.61. The van der Waals surface area contributed by atoms with Crippen LogP contribution in [0.1, 0.15) is 10.4 Å². The minimum atomic E-state index is -0.0606. The van der Waals surface area contributed by atoms with E-state index in [1.807, 2.05) is 18.2 Å². The fraction of sp³-hybridized carbons (Fsp3) is 0.300. The number of carbonyl (C=O) groups excluding carboxylic acids is 1. The Bertz CT molecular complexity index is 312. The molecule has 0 unspecified atom stereocenters. The molecule has 0 fully saturated rings. The molecule has 0 amide bonds. The first kappa shape index (κ1) is 11.4. The van der Waals surface area contributed by atoms with Crippen LogP contribution in [0.5, 0.6) is 0 Å². The van der Waals surface area contributed by atoms with Crippen LogP contribution >= 0.6 is 15.9 Å². The van der Waals surface area contributed by atoms with Crippen LogP contribution in [-0.2, 0) is 9.47 Å². The van der Waals surface area contributed by atoms with E-state index in [0.29, 0.717) is 5.56 Å². The lowest BCUT2D eigenvalue weighted by molar-refractivity contribution is -0.0237. The zero-order valence-electron chi connectivity index (χ0n) is 7.83. The molecular weight excluding hydrogens is 248 g/mol. The molecule has 1 aromatic rings. The summed E-state index contributed by atoms with van der Waals surface area (Å²) in [4.78, 5) is 11.5. The Labute approximate surface area is 91.1 Å². The fourth-order valence-corrected chi connectivity index (χ4v) is 1.49. The van der Waals surface area contributed by atoms with E-state index in [1.54, 1.807) is 6.07 Å². The van der Waals surface area contributed by atoms with Crippen LogP contribution in [0, 0.1) is 0 Å². The summed E-state index contributed by atoms with van der Waals surface area (Å²) in [6.07, 6.45) is 0. The highest BCUT2D eigenvalue weighted by Crippen LogP contribution is 2.16. The van der Waals surface area contributed by atoms with Gasteiger partial charge in [-0.2, -0.15) is 0 Å². The van der Waals surface area contributed by atoms with E-state index in [2.05, 4.69) is 20.7 Å². The van der Waals surface area contributed by atoms with Crippen LogP contribution in [0.2, 0.25) is 0 Å². The third-order valence-corrected chi connectivity index (χ3v) is 2.30. The number of Topliss-reactive ketones (excluding diaryl/α,β-unsaturated/α-hetero) is 1. The SMILES string of the molecule is COCOCC(=O)c1ccccc1Br. The molecule has 0 atom stereocenters. The maximum absolute atomic E-state index is 11.5. The van der Waals surface area contributed by atoms with Crippen molar-refractivity contribution in [3.05, 3.63) is 34.3 Å². The number of hydrogen-bond donors (Lipinski definition) is 0. The smallest absolute Gasteiger partial charge is 0.189 e. The Kier molecular flexibility index (Phi) is 4.79. The second-order valence-corrected chi connectivity index (χ2v) is 3.51. The average molecular weight is 259 g/mol. The first-order chi connectivity index (χ1) is 6.75. The van der Waals surface area contributed by atoms with E-state index >= 15 is 0 Å². The van der Waals surface area contributed by atoms with Crippen molar-refractivity contribution in [3.8, 4) is 0 Å². The van der Waals surface area contributed by atoms with Crippen LogP contribution in [-0.4, -0.2) is 26.3 Å². The van der Waals surface area contributed by atoms with E-state index < -0.39 is 0 Å². The molecule has 1 aromatic carbocycles. The van der Waals surface area contributed by atoms with Crippen molar-refractivity contribution in [3.63, 3.8) is 0 Å². The molecule has 0 saturated heterocycles. The number of ether oxygens (including phenoxy) is 2. The van der Waals surface area contributed by atoms with Crippen LogP contribution in [0.4, 0.5) is 0 Å². The lowest BCUT2D eigenvalue weighted by Crippen LogP contribution is -2.10. The van der Waals surface area contributed by atoms with E-state index in [4.69, 9.17) is 4.74 Å². The van der Waals surface area contributed by atoms with Crippen LogP contribution in [0.15, 0.2) is 28.7 Å². The number of halogens is 1. The predicted octanol–water partition coefficient (Wildman–Crippen LogP) is 2.25. The molecule has 14 heavy (non-hydrogen) atoms. The molecule has 3 nitrogen and oxygen atoms in total. The van der Waals surface area contributed by atoms with Gasteiger partial charge >= 0.3 is 0 Å². The van der Waals surface area contributed by atoms with Crippen molar-refractivity contribution in [2.75, 3.05) is 20.5 Å². The summed E-state index contributed by atoms with van der Waals surface area (Å²) < 4.78 is 10.4. The number of benzene rings is 1. The Morgan fingerprint density at radius 1 is 1.43 bits per heavy atom. The maximum atomic E-state index is 11.5. The number of carbonyl (C=O) groups is 1. The summed E-state index contributed by atoms with van der Waals surface area (Å²) in [6, 6.07) is 7.25. The molecule has 0 saturated carbocycles. The van der Waals surface area contributed by atoms with Gasteiger partial charge in [-0.15, -0.1) is 0 Å². The molecule has 0 aromatic heterocycles. The second kappa shape index (κ2) is 5.90. The van der Waals surface area contributed by atoms with Gasteiger partial charge in [-0.1, -0.05) is 34.1 Å². The molecule has 0 aliphatic carbocycles. The van der Waals surface area contributed by atoms with Gasteiger partial charge < -0.3 is 9.47 Å². The predicted molar refractivity (Wildman–Crippen MR) is 56.3 cm³/mol. The monoisotopic (exact) mass is 258 g/mol. The summed E-state index contributed by atoms with van der Waals surface area (Å²) in [7, 11) is 1.52. The molecule has 0 N–H and O–H groups in total. The summed E-state index contributed by atoms with van der Waals surface area (Å²) in [6.45, 7) is 0.173. The third kappa shape index (κ3) is 3.21. The van der Waals surface area contributed by atoms with Gasteiger partial charge in [-0.05, 0) is 6.07 Å². The molecule has 76 valence electrons. The minimum absolute atomic E-state index is 0.0381. The summed E-state index contributed by atoms with van der Waals surface area (Å²) in [5.41, 5.74) is 0.628. The summed E-state index contributed by atoms with van der Waals surface area (Å²) in [5.74, 6) is -0.0606.